The zero-order valence-corrected chi connectivity index (χ0v) is 5.33. The third-order valence-electron chi connectivity index (χ3n) is 0.987. The van der Waals surface area contributed by atoms with Gasteiger partial charge in [-0.2, -0.15) is 0 Å². The molecule has 1 radical (unpaired) electrons. The molecule has 0 aromatic carbocycles. The average Bonchev–Trinajstić information content (AvgIpc) is 1.87. The van der Waals surface area contributed by atoms with Crippen LogP contribution in [0.3, 0.4) is 0 Å². The average molecular weight is 145 g/mol. The first-order chi connectivity index (χ1) is 4.72. The zero-order chi connectivity index (χ0) is 7.98. The van der Waals surface area contributed by atoms with Gasteiger partial charge in [-0.15, -0.1) is 0 Å². The number of carboxylic acids is 1. The summed E-state index contributed by atoms with van der Waals surface area (Å²) in [5.41, 5.74) is 5.06. The lowest BCUT2D eigenvalue weighted by atomic mass is 10.2. The highest BCUT2D eigenvalue weighted by atomic mass is 16.4. The van der Waals surface area contributed by atoms with Crippen molar-refractivity contribution in [3.05, 3.63) is 0 Å². The minimum Gasteiger partial charge on any atom is -0.480 e. The lowest BCUT2D eigenvalue weighted by Gasteiger charge is -2.06. The number of rotatable bonds is 5. The van der Waals surface area contributed by atoms with Gasteiger partial charge in [0.05, 0.1) is 0 Å². The van der Waals surface area contributed by atoms with E-state index in [0.717, 1.165) is 0 Å². The molecule has 1 atom stereocenters. The van der Waals surface area contributed by atoms with Crippen LogP contribution in [0.25, 0.3) is 0 Å². The van der Waals surface area contributed by atoms with E-state index in [9.17, 15) is 9.59 Å². The highest BCUT2D eigenvalue weighted by Crippen LogP contribution is 1.87. The van der Waals surface area contributed by atoms with Crippen molar-refractivity contribution < 1.29 is 14.7 Å². The Morgan fingerprint density at radius 2 is 2.40 bits per heavy atom. The molecule has 0 rings (SSSR count). The molecule has 0 bridgehead atoms. The Kier molecular flexibility index (Phi) is 4.23. The summed E-state index contributed by atoms with van der Waals surface area (Å²) in [7, 11) is 0. The first-order valence-electron chi connectivity index (χ1n) is 2.78. The molecular formula is C5H9N2O3. The summed E-state index contributed by atoms with van der Waals surface area (Å²) in [6.45, 7) is 0.228. The lowest BCUT2D eigenvalue weighted by Crippen LogP contribution is -2.37. The molecule has 0 aromatic heterocycles. The summed E-state index contributed by atoms with van der Waals surface area (Å²) in [5, 5.41) is 10.3. The zero-order valence-electron chi connectivity index (χ0n) is 5.33. The van der Waals surface area contributed by atoms with Crippen molar-refractivity contribution in [3.63, 3.8) is 0 Å². The molecule has 57 valence electrons. The SMILES string of the molecule is NCCC(N[C]=O)C(=O)O. The van der Waals surface area contributed by atoms with Crippen molar-refractivity contribution in [2.75, 3.05) is 6.54 Å². The van der Waals surface area contributed by atoms with Gasteiger partial charge in [0.15, 0.2) is 0 Å². The van der Waals surface area contributed by atoms with Gasteiger partial charge in [0.1, 0.15) is 6.04 Å². The van der Waals surface area contributed by atoms with Crippen LogP contribution in [0.4, 0.5) is 0 Å². The van der Waals surface area contributed by atoms with E-state index in [-0.39, 0.29) is 13.0 Å². The van der Waals surface area contributed by atoms with E-state index in [0.29, 0.717) is 0 Å². The van der Waals surface area contributed by atoms with Gasteiger partial charge < -0.3 is 16.2 Å². The van der Waals surface area contributed by atoms with Crippen LogP contribution in [0.1, 0.15) is 6.42 Å². The number of carbonyl (C=O) groups excluding carboxylic acids is 1. The van der Waals surface area contributed by atoms with Gasteiger partial charge in [-0.25, -0.2) is 4.79 Å². The molecule has 0 fully saturated rings. The number of hydrogen-bond acceptors (Lipinski definition) is 3. The van der Waals surface area contributed by atoms with Crippen molar-refractivity contribution in [1.29, 1.82) is 0 Å². The van der Waals surface area contributed by atoms with Gasteiger partial charge in [-0.05, 0) is 13.0 Å². The van der Waals surface area contributed by atoms with E-state index in [1.807, 2.05) is 5.32 Å². The first-order valence-corrected chi connectivity index (χ1v) is 2.78. The molecule has 0 aliphatic heterocycles. The molecule has 5 heteroatoms. The molecule has 0 aromatic rings. The first kappa shape index (κ1) is 8.90. The summed E-state index contributed by atoms with van der Waals surface area (Å²) in [5.74, 6) is -1.09. The summed E-state index contributed by atoms with van der Waals surface area (Å²) >= 11 is 0. The maximum Gasteiger partial charge on any atom is 0.326 e. The second kappa shape index (κ2) is 4.75. The Balaban J connectivity index is 3.71. The molecule has 4 N–H and O–H groups in total. The van der Waals surface area contributed by atoms with Crippen LogP contribution < -0.4 is 11.1 Å². The number of nitrogens with two attached hydrogens (primary N) is 1. The van der Waals surface area contributed by atoms with Gasteiger partial charge in [0.25, 0.3) is 0 Å². The number of carboxylic acid groups (broad SMARTS) is 1. The molecule has 0 aliphatic rings. The van der Waals surface area contributed by atoms with E-state index in [4.69, 9.17) is 10.8 Å². The lowest BCUT2D eigenvalue weighted by molar-refractivity contribution is -0.139. The Labute approximate surface area is 58.2 Å². The summed E-state index contributed by atoms with van der Waals surface area (Å²) in [6, 6.07) is -0.900. The van der Waals surface area contributed by atoms with Gasteiger partial charge in [0, 0.05) is 0 Å². The van der Waals surface area contributed by atoms with Crippen molar-refractivity contribution >= 4 is 12.4 Å². The van der Waals surface area contributed by atoms with Gasteiger partial charge in [-0.3, -0.25) is 4.79 Å². The maximum atomic E-state index is 10.2. The molecule has 0 saturated carbocycles. The van der Waals surface area contributed by atoms with Crippen molar-refractivity contribution in [2.45, 2.75) is 12.5 Å². The maximum absolute atomic E-state index is 10.2. The smallest absolute Gasteiger partial charge is 0.326 e. The normalized spacial score (nSPS) is 12.1. The van der Waals surface area contributed by atoms with E-state index in [2.05, 4.69) is 0 Å². The van der Waals surface area contributed by atoms with Gasteiger partial charge >= 0.3 is 12.4 Å². The molecule has 1 amide bonds. The number of hydrogen-bond donors (Lipinski definition) is 3. The fourth-order valence-electron chi connectivity index (χ4n) is 0.495. The topological polar surface area (TPSA) is 92.4 Å². The molecule has 1 unspecified atom stereocenters. The van der Waals surface area contributed by atoms with Crippen molar-refractivity contribution in [3.8, 4) is 0 Å². The second-order valence-corrected chi connectivity index (χ2v) is 1.71. The third kappa shape index (κ3) is 3.03. The number of carbonyl (C=O) groups is 1. The summed E-state index contributed by atoms with van der Waals surface area (Å²) in [6.07, 6.45) is 1.52. The van der Waals surface area contributed by atoms with Crippen LogP contribution in [-0.4, -0.2) is 30.1 Å². The molecule has 10 heavy (non-hydrogen) atoms. The number of nitrogens with one attached hydrogen (secondary N) is 1. The Hall–Kier alpha value is -1.10. The monoisotopic (exact) mass is 145 g/mol. The Bertz CT molecular complexity index is 126. The predicted molar refractivity (Wildman–Crippen MR) is 33.9 cm³/mol. The number of aliphatic carboxylic acids is 1. The Morgan fingerprint density at radius 3 is 2.70 bits per heavy atom. The van der Waals surface area contributed by atoms with Crippen LogP contribution >= 0.6 is 0 Å². The molecule has 5 nitrogen and oxygen atoms in total. The van der Waals surface area contributed by atoms with Crippen LogP contribution in [-0.2, 0) is 9.59 Å². The standard InChI is InChI=1S/C5H9N2O3/c6-2-1-4(5(9)10)7-3-8/h4H,1-2,6H2,(H,7,8)(H,9,10). The van der Waals surface area contributed by atoms with Crippen molar-refractivity contribution in [2.24, 2.45) is 5.73 Å². The minimum absolute atomic E-state index is 0.227. The summed E-state index contributed by atoms with van der Waals surface area (Å²) < 4.78 is 0. The highest BCUT2D eigenvalue weighted by Gasteiger charge is 2.14. The van der Waals surface area contributed by atoms with Crippen LogP contribution in [0, 0.1) is 0 Å². The van der Waals surface area contributed by atoms with Crippen molar-refractivity contribution in [1.82, 2.24) is 5.32 Å². The Morgan fingerprint density at radius 1 is 1.80 bits per heavy atom. The van der Waals surface area contributed by atoms with E-state index in [1.165, 1.54) is 6.41 Å². The quantitative estimate of drug-likeness (QED) is 0.408. The fourth-order valence-corrected chi connectivity index (χ4v) is 0.495. The third-order valence-corrected chi connectivity index (χ3v) is 0.987. The second-order valence-electron chi connectivity index (χ2n) is 1.71. The molecule has 0 saturated heterocycles. The van der Waals surface area contributed by atoms with E-state index >= 15 is 0 Å². The minimum atomic E-state index is -1.09. The largest absolute Gasteiger partial charge is 0.480 e. The van der Waals surface area contributed by atoms with E-state index in [1.54, 1.807) is 0 Å². The van der Waals surface area contributed by atoms with Gasteiger partial charge in [-0.1, -0.05) is 0 Å². The van der Waals surface area contributed by atoms with Gasteiger partial charge in [0.2, 0.25) is 0 Å². The number of amides is 1. The molecule has 0 spiro atoms. The van der Waals surface area contributed by atoms with Crippen LogP contribution in [0.2, 0.25) is 0 Å². The molecular weight excluding hydrogens is 136 g/mol. The van der Waals surface area contributed by atoms with Crippen LogP contribution in [0.15, 0.2) is 0 Å². The van der Waals surface area contributed by atoms with E-state index < -0.39 is 12.0 Å². The molecule has 0 heterocycles. The highest BCUT2D eigenvalue weighted by molar-refractivity contribution is 5.76. The summed E-state index contributed by atoms with van der Waals surface area (Å²) in [4.78, 5) is 19.8. The van der Waals surface area contributed by atoms with Crippen LogP contribution in [0.5, 0.6) is 0 Å². The molecule has 0 aliphatic carbocycles. The fraction of sp³-hybridized carbons (Fsp3) is 0.600. The predicted octanol–water partition coefficient (Wildman–Crippen LogP) is -1.55.